The largest absolute Gasteiger partial charge is 0.367 e. The normalized spacial score (nSPS) is 18.8. The van der Waals surface area contributed by atoms with Gasteiger partial charge < -0.3 is 35.7 Å². The van der Waals surface area contributed by atoms with Crippen molar-refractivity contribution in [2.24, 2.45) is 5.92 Å². The minimum absolute atomic E-state index is 0.0363. The molecule has 0 fully saturated rings. The molecule has 5 amide bonds. The fourth-order valence-corrected chi connectivity index (χ4v) is 5.84. The molecular formula is C36H44N8O5. The van der Waals surface area contributed by atoms with Gasteiger partial charge in [0.25, 0.3) is 11.8 Å². The van der Waals surface area contributed by atoms with Gasteiger partial charge in [0.2, 0.25) is 17.7 Å². The molecule has 0 saturated carbocycles. The third-order valence-electron chi connectivity index (χ3n) is 8.36. The van der Waals surface area contributed by atoms with E-state index in [1.807, 2.05) is 42.5 Å². The lowest BCUT2D eigenvalue weighted by atomic mass is 10.0. The van der Waals surface area contributed by atoms with Crippen LogP contribution in [0.4, 0.5) is 0 Å². The van der Waals surface area contributed by atoms with E-state index in [9.17, 15) is 24.0 Å². The van der Waals surface area contributed by atoms with Crippen LogP contribution in [-0.2, 0) is 33.8 Å². The van der Waals surface area contributed by atoms with Crippen LogP contribution >= 0.6 is 0 Å². The monoisotopic (exact) mass is 668 g/mol. The number of nitrogens with one attached hydrogen (secondary N) is 5. The topological polar surface area (TPSA) is 170 Å². The van der Waals surface area contributed by atoms with Crippen LogP contribution in [0.1, 0.15) is 59.3 Å². The van der Waals surface area contributed by atoms with Crippen molar-refractivity contribution in [1.29, 1.82) is 0 Å². The molecule has 0 saturated heterocycles. The summed E-state index contributed by atoms with van der Waals surface area (Å²) in [5.74, 6) is -0.941. The van der Waals surface area contributed by atoms with Crippen LogP contribution in [0.5, 0.6) is 0 Å². The molecule has 258 valence electrons. The Labute approximate surface area is 285 Å². The standard InChI is InChI=1S/C36H44N8O5/c1-23(2)18-31-41-28-11-10-26-20-30(28)44(31)16-7-13-38-33(46)24(3)40-35(48)29(19-25-8-5-4-6-9-25)42-32(45)22-43(17-15-39-34(26)47)36(49)27-12-14-37-21-27/h4-6,8-12,14,20-21,23-24,29,37H,7,13,15-19,22H2,1-3H3,(H,38,46)(H,39,47)(H,40,48)(H,42,45)/t24-,29+/m1/s1. The number of carbonyl (C=O) groups excluding carboxylic acids is 5. The summed E-state index contributed by atoms with van der Waals surface area (Å²) in [7, 11) is 0. The third kappa shape index (κ3) is 9.12. The highest BCUT2D eigenvalue weighted by atomic mass is 16.2. The van der Waals surface area contributed by atoms with Crippen molar-refractivity contribution >= 4 is 40.6 Å². The summed E-state index contributed by atoms with van der Waals surface area (Å²) in [6, 6.07) is 14.3. The van der Waals surface area contributed by atoms with Gasteiger partial charge in [-0.2, -0.15) is 0 Å². The lowest BCUT2D eigenvalue weighted by molar-refractivity contribution is -0.132. The third-order valence-corrected chi connectivity index (χ3v) is 8.36. The zero-order valence-electron chi connectivity index (χ0n) is 28.1. The van der Waals surface area contributed by atoms with Crippen molar-refractivity contribution in [3.63, 3.8) is 0 Å². The first-order chi connectivity index (χ1) is 23.6. The highest BCUT2D eigenvalue weighted by molar-refractivity contribution is 5.99. The molecule has 49 heavy (non-hydrogen) atoms. The molecule has 1 aliphatic rings. The summed E-state index contributed by atoms with van der Waals surface area (Å²) < 4.78 is 2.09. The molecule has 3 heterocycles. The second kappa shape index (κ2) is 16.1. The Balaban J connectivity index is 1.43. The predicted octanol–water partition coefficient (Wildman–Crippen LogP) is 2.19. The predicted molar refractivity (Wildman–Crippen MR) is 185 cm³/mol. The number of aromatic amines is 1. The van der Waals surface area contributed by atoms with E-state index in [1.54, 1.807) is 25.3 Å². The van der Waals surface area contributed by atoms with E-state index in [2.05, 4.69) is 44.7 Å². The van der Waals surface area contributed by atoms with Crippen LogP contribution in [0.25, 0.3) is 11.0 Å². The van der Waals surface area contributed by atoms with Gasteiger partial charge in [-0.1, -0.05) is 44.2 Å². The van der Waals surface area contributed by atoms with Gasteiger partial charge in [-0.15, -0.1) is 0 Å². The van der Waals surface area contributed by atoms with Crippen molar-refractivity contribution in [2.75, 3.05) is 26.2 Å². The molecule has 13 heteroatoms. The number of carbonyl (C=O) groups is 5. The van der Waals surface area contributed by atoms with Gasteiger partial charge in [0.1, 0.15) is 17.9 Å². The second-order valence-electron chi connectivity index (χ2n) is 12.7. The Morgan fingerprint density at radius 1 is 0.939 bits per heavy atom. The molecule has 4 aromatic rings. The van der Waals surface area contributed by atoms with Crippen LogP contribution in [0, 0.1) is 5.92 Å². The summed E-state index contributed by atoms with van der Waals surface area (Å²) in [5, 5.41) is 11.3. The zero-order valence-corrected chi connectivity index (χ0v) is 28.1. The van der Waals surface area contributed by atoms with E-state index in [4.69, 9.17) is 4.98 Å². The molecule has 5 N–H and O–H groups in total. The molecule has 13 nitrogen and oxygen atoms in total. The second-order valence-corrected chi connectivity index (χ2v) is 12.7. The fourth-order valence-electron chi connectivity index (χ4n) is 5.84. The summed E-state index contributed by atoms with van der Waals surface area (Å²) in [5.41, 5.74) is 3.17. The summed E-state index contributed by atoms with van der Waals surface area (Å²) >= 11 is 0. The molecule has 0 spiro atoms. The van der Waals surface area contributed by atoms with Crippen LogP contribution < -0.4 is 21.3 Å². The van der Waals surface area contributed by atoms with E-state index in [1.165, 1.54) is 11.1 Å². The average molecular weight is 669 g/mol. The van der Waals surface area contributed by atoms with E-state index in [0.29, 0.717) is 36.6 Å². The molecule has 2 atom stereocenters. The maximum absolute atomic E-state index is 13.5. The molecule has 1 aliphatic heterocycles. The molecule has 0 radical (unpaired) electrons. The van der Waals surface area contributed by atoms with Crippen LogP contribution in [0.15, 0.2) is 67.0 Å². The van der Waals surface area contributed by atoms with Gasteiger partial charge in [0.15, 0.2) is 0 Å². The number of nitrogens with zero attached hydrogens (tertiary/aromatic N) is 3. The van der Waals surface area contributed by atoms with Crippen molar-refractivity contribution in [3.8, 4) is 0 Å². The van der Waals surface area contributed by atoms with Crippen molar-refractivity contribution in [1.82, 2.24) is 40.7 Å². The maximum Gasteiger partial charge on any atom is 0.255 e. The lowest BCUT2D eigenvalue weighted by Gasteiger charge is -2.25. The molecule has 0 unspecified atom stereocenters. The molecule has 2 aromatic heterocycles. The average Bonchev–Trinajstić information content (AvgIpc) is 3.73. The van der Waals surface area contributed by atoms with Crippen LogP contribution in [-0.4, -0.2) is 87.2 Å². The first-order valence-electron chi connectivity index (χ1n) is 16.7. The number of hydrogen-bond acceptors (Lipinski definition) is 6. The highest BCUT2D eigenvalue weighted by Gasteiger charge is 2.27. The quantitative estimate of drug-likeness (QED) is 0.218. The smallest absolute Gasteiger partial charge is 0.255 e. The van der Waals surface area contributed by atoms with Gasteiger partial charge in [-0.05, 0) is 49.1 Å². The number of H-pyrrole nitrogens is 1. The molecule has 5 rings (SSSR count). The first kappa shape index (κ1) is 34.9. The Kier molecular flexibility index (Phi) is 11.4. The number of rotatable bonds is 5. The first-order valence-corrected chi connectivity index (χ1v) is 16.7. The zero-order chi connectivity index (χ0) is 34.9. The molecular weight excluding hydrogens is 624 g/mol. The van der Waals surface area contributed by atoms with Crippen LogP contribution in [0.3, 0.4) is 0 Å². The minimum Gasteiger partial charge on any atom is -0.367 e. The van der Waals surface area contributed by atoms with Gasteiger partial charge in [-0.3, -0.25) is 24.0 Å². The van der Waals surface area contributed by atoms with Gasteiger partial charge in [0, 0.05) is 57.0 Å². The Bertz CT molecular complexity index is 1780. The van der Waals surface area contributed by atoms with E-state index < -0.39 is 29.8 Å². The van der Waals surface area contributed by atoms with E-state index in [0.717, 1.165) is 28.8 Å². The fraction of sp³-hybridized carbons (Fsp3) is 0.389. The highest BCUT2D eigenvalue weighted by Crippen LogP contribution is 2.21. The lowest BCUT2D eigenvalue weighted by Crippen LogP contribution is -2.55. The van der Waals surface area contributed by atoms with Crippen molar-refractivity contribution in [3.05, 3.63) is 89.5 Å². The minimum atomic E-state index is -1.02. The number of aryl methyl sites for hydroxylation is 1. The van der Waals surface area contributed by atoms with E-state index in [-0.39, 0.29) is 37.9 Å². The SMILES string of the molecule is CC(C)Cc1nc2ccc3cc2n1CCCNC(=O)[C@@H](C)NC(=O)[C@H](Cc1ccccc1)NC(=O)CN(C(=O)c1cc[nH]c1)CCNC3=O. The summed E-state index contributed by atoms with van der Waals surface area (Å²) in [4.78, 5) is 75.8. The van der Waals surface area contributed by atoms with E-state index >= 15 is 0 Å². The van der Waals surface area contributed by atoms with Crippen molar-refractivity contribution in [2.45, 2.75) is 58.7 Å². The Morgan fingerprint density at radius 2 is 1.73 bits per heavy atom. The molecule has 0 aliphatic carbocycles. The van der Waals surface area contributed by atoms with Crippen molar-refractivity contribution < 1.29 is 24.0 Å². The Morgan fingerprint density at radius 3 is 2.47 bits per heavy atom. The number of fused-ring (bicyclic) bond motifs is 1. The molecule has 2 aromatic carbocycles. The summed E-state index contributed by atoms with van der Waals surface area (Å²) in [6.07, 6.45) is 4.65. The molecule has 2 bridgehead atoms. The Hall–Kier alpha value is -5.46. The maximum atomic E-state index is 13.5. The number of aromatic nitrogens is 3. The van der Waals surface area contributed by atoms with Crippen LogP contribution in [0.2, 0.25) is 0 Å². The summed E-state index contributed by atoms with van der Waals surface area (Å²) in [6.45, 7) is 6.50. The number of amides is 5. The van der Waals surface area contributed by atoms with Gasteiger partial charge >= 0.3 is 0 Å². The number of hydrogen-bond donors (Lipinski definition) is 5. The van der Waals surface area contributed by atoms with Gasteiger partial charge in [-0.25, -0.2) is 4.98 Å². The van der Waals surface area contributed by atoms with Gasteiger partial charge in [0.05, 0.1) is 23.1 Å². The number of benzene rings is 2. The number of imidazole rings is 1.